The van der Waals surface area contributed by atoms with Crippen molar-refractivity contribution in [1.29, 1.82) is 0 Å². The van der Waals surface area contributed by atoms with Crippen LogP contribution in [0.4, 0.5) is 21.0 Å². The molecule has 2 N–H and O–H groups in total. The molecule has 0 saturated carbocycles. The standard InChI is InChI=1S/2C38H41ClN4O6S/c2*1-26-22-29(48-28-14-9-6-10-15-28)17-18-30(26)43(33(44)23-39)34(32-16-11-21-50-32)36(46)41-19-20-42(37(47)49-38(2,3)4)31(25-41)35(45)40-24-27-12-7-5-8-13-27/h2*5-18,21-22,31,34H,19-20,23-25H2,1-4H3,(H,40,45)/t31-,34+;31-,34-/m11/s1. The fourth-order valence-corrected chi connectivity index (χ4v) is 13.3. The Bertz CT molecular complexity index is 3830. The molecule has 8 amide bonds. The number of para-hydroxylation sites is 2. The minimum atomic E-state index is -1.08. The number of benzene rings is 6. The van der Waals surface area contributed by atoms with Gasteiger partial charge in [0, 0.05) is 60.4 Å². The smallest absolute Gasteiger partial charge is 0.411 e. The van der Waals surface area contributed by atoms with Gasteiger partial charge in [0.15, 0.2) is 0 Å². The van der Waals surface area contributed by atoms with Crippen LogP contribution in [0.25, 0.3) is 0 Å². The molecular weight excluding hydrogens is 1350 g/mol. The molecule has 524 valence electrons. The minimum absolute atomic E-state index is 0.0508. The van der Waals surface area contributed by atoms with Gasteiger partial charge < -0.3 is 39.4 Å². The first kappa shape index (κ1) is 74.5. The van der Waals surface area contributed by atoms with Crippen LogP contribution in [0.2, 0.25) is 0 Å². The number of rotatable bonds is 20. The quantitative estimate of drug-likeness (QED) is 0.0681. The molecule has 4 atom stereocenters. The lowest BCUT2D eigenvalue weighted by Gasteiger charge is -2.43. The number of nitrogens with one attached hydrogen (secondary N) is 2. The van der Waals surface area contributed by atoms with Crippen LogP contribution in [-0.4, -0.2) is 142 Å². The molecule has 10 rings (SSSR count). The van der Waals surface area contributed by atoms with Gasteiger partial charge in [0.05, 0.1) is 13.1 Å². The van der Waals surface area contributed by atoms with E-state index in [0.717, 1.165) is 11.1 Å². The number of hydrogen-bond acceptors (Lipinski definition) is 14. The van der Waals surface area contributed by atoms with Crippen LogP contribution in [0.1, 0.15) is 85.6 Å². The van der Waals surface area contributed by atoms with Gasteiger partial charge >= 0.3 is 12.2 Å². The topological polar surface area (TPSA) is 217 Å². The number of carbonyl (C=O) groups excluding carboxylic acids is 8. The molecule has 24 heteroatoms. The summed E-state index contributed by atoms with van der Waals surface area (Å²) in [6.45, 7) is 14.8. The molecule has 2 aliphatic heterocycles. The Morgan fingerprint density at radius 2 is 0.820 bits per heavy atom. The van der Waals surface area contributed by atoms with Gasteiger partial charge in [-0.1, -0.05) is 109 Å². The highest BCUT2D eigenvalue weighted by Crippen LogP contribution is 2.39. The van der Waals surface area contributed by atoms with Gasteiger partial charge in [0.25, 0.3) is 11.8 Å². The molecule has 0 aliphatic carbocycles. The van der Waals surface area contributed by atoms with Crippen LogP contribution in [0.5, 0.6) is 23.0 Å². The number of carbonyl (C=O) groups is 8. The summed E-state index contributed by atoms with van der Waals surface area (Å²) in [7, 11) is 0. The zero-order valence-electron chi connectivity index (χ0n) is 57.0. The molecule has 6 aromatic carbocycles. The summed E-state index contributed by atoms with van der Waals surface area (Å²) in [4.78, 5) is 121. The van der Waals surface area contributed by atoms with Gasteiger partial charge in [-0.15, -0.1) is 45.9 Å². The van der Waals surface area contributed by atoms with Crippen LogP contribution in [0.3, 0.4) is 0 Å². The summed E-state index contributed by atoms with van der Waals surface area (Å²) >= 11 is 15.1. The van der Waals surface area contributed by atoms with Crippen LogP contribution >= 0.6 is 45.9 Å². The van der Waals surface area contributed by atoms with E-state index in [4.69, 9.17) is 42.1 Å². The fraction of sp³-hybridized carbons (Fsp3) is 0.316. The monoisotopic (exact) mass is 1430 g/mol. The molecule has 2 saturated heterocycles. The Hall–Kier alpha value is -9.74. The Labute approximate surface area is 601 Å². The van der Waals surface area contributed by atoms with E-state index in [2.05, 4.69) is 10.6 Å². The van der Waals surface area contributed by atoms with Crippen LogP contribution in [-0.2, 0) is 51.3 Å². The Balaban J connectivity index is 0.000000233. The summed E-state index contributed by atoms with van der Waals surface area (Å²) in [6.07, 6.45) is -1.29. The van der Waals surface area contributed by atoms with Crippen LogP contribution < -0.4 is 29.9 Å². The third-order valence-corrected chi connectivity index (χ3v) is 18.4. The SMILES string of the molecule is Cc1cc(Oc2ccccc2)ccc1N(C(=O)CCl)[C@@H](C(=O)N1CCN(C(=O)OC(C)(C)C)[C@@H](C(=O)NCc2ccccc2)C1)c1cccs1.Cc1cc(Oc2ccccc2)ccc1N(C(=O)CCl)[C@H](C(=O)N1CCN(C(=O)OC(C)(C)C)[C@@H](C(=O)NCc2ccccc2)C1)c1cccs1. The summed E-state index contributed by atoms with van der Waals surface area (Å²) in [5.41, 5.74) is 2.56. The Morgan fingerprint density at radius 3 is 1.13 bits per heavy atom. The number of thiophene rings is 2. The van der Waals surface area contributed by atoms with Gasteiger partial charge in [0.1, 0.15) is 70.1 Å². The predicted octanol–water partition coefficient (Wildman–Crippen LogP) is 13.9. The normalized spacial score (nSPS) is 15.2. The van der Waals surface area contributed by atoms with E-state index >= 15 is 0 Å². The Morgan fingerprint density at radius 1 is 0.470 bits per heavy atom. The third-order valence-electron chi connectivity index (χ3n) is 16.1. The van der Waals surface area contributed by atoms with Crippen molar-refractivity contribution in [3.05, 3.63) is 225 Å². The highest BCUT2D eigenvalue weighted by atomic mass is 35.5. The number of ether oxygens (including phenoxy) is 4. The molecule has 2 aliphatic rings. The van der Waals surface area contributed by atoms with E-state index in [0.29, 0.717) is 55.3 Å². The predicted molar refractivity (Wildman–Crippen MR) is 389 cm³/mol. The molecule has 0 radical (unpaired) electrons. The molecule has 2 fully saturated rings. The van der Waals surface area contributed by atoms with E-state index in [1.54, 1.807) is 90.1 Å². The summed E-state index contributed by atoms with van der Waals surface area (Å²) < 4.78 is 23.3. The van der Waals surface area contributed by atoms with E-state index in [-0.39, 0.29) is 64.1 Å². The second kappa shape index (κ2) is 34.4. The van der Waals surface area contributed by atoms with Gasteiger partial charge in [-0.2, -0.15) is 0 Å². The summed E-state index contributed by atoms with van der Waals surface area (Å²) in [5.74, 6) is -0.881. The van der Waals surface area contributed by atoms with Crippen molar-refractivity contribution in [2.75, 3.05) is 60.8 Å². The number of nitrogens with zero attached hydrogens (tertiary/aromatic N) is 6. The van der Waals surface area contributed by atoms with Crippen molar-refractivity contribution in [1.82, 2.24) is 30.2 Å². The molecule has 0 spiro atoms. The van der Waals surface area contributed by atoms with Crippen molar-refractivity contribution in [2.24, 2.45) is 0 Å². The Kier molecular flexibility index (Phi) is 25.6. The van der Waals surface area contributed by atoms with Gasteiger partial charge in [0.2, 0.25) is 23.6 Å². The lowest BCUT2D eigenvalue weighted by atomic mass is 10.1. The zero-order valence-corrected chi connectivity index (χ0v) is 60.2. The van der Waals surface area contributed by atoms with E-state index in [1.807, 2.05) is 158 Å². The van der Waals surface area contributed by atoms with Gasteiger partial charge in [-0.3, -0.25) is 48.4 Å². The molecule has 2 aromatic heterocycles. The number of anilines is 2. The lowest BCUT2D eigenvalue weighted by molar-refractivity contribution is -0.141. The average Bonchev–Trinajstić information content (AvgIpc) is 1.04. The highest BCUT2D eigenvalue weighted by Gasteiger charge is 2.46. The fourth-order valence-electron chi connectivity index (χ4n) is 11.4. The van der Waals surface area contributed by atoms with Crippen molar-refractivity contribution in [3.63, 3.8) is 0 Å². The lowest BCUT2D eigenvalue weighted by Crippen LogP contribution is -2.63. The number of aryl methyl sites for hydroxylation is 2. The second-order valence-corrected chi connectivity index (χ2v) is 28.2. The van der Waals surface area contributed by atoms with Crippen molar-refractivity contribution in [3.8, 4) is 23.0 Å². The van der Waals surface area contributed by atoms with Crippen molar-refractivity contribution < 1.29 is 57.3 Å². The first-order valence-electron chi connectivity index (χ1n) is 32.6. The largest absolute Gasteiger partial charge is 0.457 e. The maximum Gasteiger partial charge on any atom is 0.411 e. The van der Waals surface area contributed by atoms with Crippen molar-refractivity contribution >= 4 is 105 Å². The second-order valence-electron chi connectivity index (χ2n) is 25.7. The third kappa shape index (κ3) is 19.8. The minimum Gasteiger partial charge on any atom is -0.457 e. The molecule has 4 heterocycles. The zero-order chi connectivity index (χ0) is 71.7. The van der Waals surface area contributed by atoms with Crippen molar-refractivity contribution in [2.45, 2.75) is 104 Å². The van der Waals surface area contributed by atoms with E-state index < -0.39 is 83.0 Å². The van der Waals surface area contributed by atoms with Crippen LogP contribution in [0.15, 0.2) is 193 Å². The molecular formula is C76H82Cl2N8O12S2. The number of piperazine rings is 2. The first-order chi connectivity index (χ1) is 47.9. The van der Waals surface area contributed by atoms with Gasteiger partial charge in [-0.05, 0) is 161 Å². The first-order valence-corrected chi connectivity index (χ1v) is 35.4. The maximum atomic E-state index is 14.7. The molecule has 8 aromatic rings. The summed E-state index contributed by atoms with van der Waals surface area (Å²) in [5, 5.41) is 9.51. The highest BCUT2D eigenvalue weighted by molar-refractivity contribution is 7.10. The maximum absolute atomic E-state index is 14.7. The number of amides is 8. The molecule has 0 bridgehead atoms. The van der Waals surface area contributed by atoms with E-state index in [9.17, 15) is 38.4 Å². The summed E-state index contributed by atoms with van der Waals surface area (Å²) in [6, 6.07) is 51.0. The molecule has 20 nitrogen and oxygen atoms in total. The van der Waals surface area contributed by atoms with Crippen LogP contribution in [0, 0.1) is 13.8 Å². The number of halogens is 2. The van der Waals surface area contributed by atoms with E-state index in [1.165, 1.54) is 52.1 Å². The van der Waals surface area contributed by atoms with Gasteiger partial charge in [-0.25, -0.2) is 9.59 Å². The average molecular weight is 1430 g/mol. The molecule has 0 unspecified atom stereocenters. The molecule has 100 heavy (non-hydrogen) atoms. The number of alkyl halides is 2. The number of hydrogen-bond donors (Lipinski definition) is 2.